The number of H-pyrrole nitrogens is 1. The highest BCUT2D eigenvalue weighted by atomic mass is 16.6. The van der Waals surface area contributed by atoms with Crippen LogP contribution in [-0.4, -0.2) is 21.4 Å². The van der Waals surface area contributed by atoms with Crippen LogP contribution in [0.3, 0.4) is 0 Å². The van der Waals surface area contributed by atoms with Gasteiger partial charge in [0, 0.05) is 11.8 Å². The topological polar surface area (TPSA) is 97.8 Å². The summed E-state index contributed by atoms with van der Waals surface area (Å²) in [5.74, 6) is 5.45. The van der Waals surface area contributed by atoms with Gasteiger partial charge in [-0.15, -0.1) is 0 Å². The van der Waals surface area contributed by atoms with Gasteiger partial charge >= 0.3 is 0 Å². The lowest BCUT2D eigenvalue weighted by atomic mass is 10.2. The number of hydrogen-bond donors (Lipinski definition) is 2. The largest absolute Gasteiger partial charge is 0.340 e. The fourth-order valence-corrected chi connectivity index (χ4v) is 1.36. The summed E-state index contributed by atoms with van der Waals surface area (Å²) < 4.78 is 0. The maximum Gasteiger partial charge on any atom is 0.296 e. The van der Waals surface area contributed by atoms with Crippen LogP contribution >= 0.6 is 0 Å². The second-order valence-electron chi connectivity index (χ2n) is 3.06. The number of rotatable bonds is 1. The summed E-state index contributed by atoms with van der Waals surface area (Å²) in [4.78, 5) is 17.0. The van der Waals surface area contributed by atoms with E-state index in [9.17, 15) is 10.1 Å². The lowest BCUT2D eigenvalue weighted by Crippen LogP contribution is -1.93. The van der Waals surface area contributed by atoms with Crippen LogP contribution in [0, 0.1) is 22.0 Å². The fourth-order valence-electron chi connectivity index (χ4n) is 1.36. The van der Waals surface area contributed by atoms with Gasteiger partial charge in [0.25, 0.3) is 5.69 Å². The van der Waals surface area contributed by atoms with Gasteiger partial charge in [0.05, 0.1) is 23.1 Å². The molecule has 0 aliphatic carbocycles. The molecule has 0 amide bonds. The van der Waals surface area contributed by atoms with E-state index in [1.54, 1.807) is 12.3 Å². The summed E-state index contributed by atoms with van der Waals surface area (Å²) >= 11 is 0. The van der Waals surface area contributed by atoms with Crippen molar-refractivity contribution in [2.75, 3.05) is 6.54 Å². The van der Waals surface area contributed by atoms with Crippen molar-refractivity contribution in [3.63, 3.8) is 0 Å². The van der Waals surface area contributed by atoms with E-state index in [1.165, 1.54) is 6.20 Å². The number of nitrogens with zero attached hydrogens (tertiary/aromatic N) is 2. The van der Waals surface area contributed by atoms with Crippen molar-refractivity contribution in [3.05, 3.63) is 34.1 Å². The Balaban J connectivity index is 2.58. The summed E-state index contributed by atoms with van der Waals surface area (Å²) in [6, 6.07) is 1.62. The van der Waals surface area contributed by atoms with E-state index in [0.717, 1.165) is 0 Å². The third-order valence-corrected chi connectivity index (χ3v) is 2.04. The van der Waals surface area contributed by atoms with Crippen molar-refractivity contribution in [3.8, 4) is 11.8 Å². The smallest absolute Gasteiger partial charge is 0.296 e. The Bertz CT molecular complexity index is 606. The van der Waals surface area contributed by atoms with Gasteiger partial charge in [0.15, 0.2) is 0 Å². The highest BCUT2D eigenvalue weighted by Gasteiger charge is 2.14. The summed E-state index contributed by atoms with van der Waals surface area (Å²) in [7, 11) is 0. The van der Waals surface area contributed by atoms with Crippen molar-refractivity contribution in [1.82, 2.24) is 9.97 Å². The Kier molecular flexibility index (Phi) is 2.54. The maximum absolute atomic E-state index is 10.7. The van der Waals surface area contributed by atoms with Crippen LogP contribution in [0.1, 0.15) is 5.56 Å². The monoisotopic (exact) mass is 216 g/mol. The molecule has 0 bridgehead atoms. The van der Waals surface area contributed by atoms with Crippen molar-refractivity contribution in [1.29, 1.82) is 0 Å². The first-order chi connectivity index (χ1) is 7.72. The predicted molar refractivity (Wildman–Crippen MR) is 58.7 cm³/mol. The number of nitrogens with two attached hydrogens (primary N) is 1. The molecule has 0 aromatic carbocycles. The Hall–Kier alpha value is -2.39. The molecular weight excluding hydrogens is 208 g/mol. The molecule has 2 aromatic heterocycles. The maximum atomic E-state index is 10.7. The molecule has 0 unspecified atom stereocenters. The quantitative estimate of drug-likeness (QED) is 0.418. The molecule has 2 rings (SSSR count). The number of hydrogen-bond acceptors (Lipinski definition) is 4. The van der Waals surface area contributed by atoms with E-state index in [4.69, 9.17) is 5.73 Å². The number of nitrogens with one attached hydrogen (secondary N) is 1. The molecule has 3 N–H and O–H groups in total. The normalized spacial score (nSPS) is 9.81. The molecule has 0 spiro atoms. The minimum atomic E-state index is -0.458. The molecule has 0 atom stereocenters. The average Bonchev–Trinajstić information content (AvgIpc) is 2.69. The van der Waals surface area contributed by atoms with Gasteiger partial charge in [-0.2, -0.15) is 0 Å². The van der Waals surface area contributed by atoms with Gasteiger partial charge in [0.1, 0.15) is 5.65 Å². The van der Waals surface area contributed by atoms with E-state index in [-0.39, 0.29) is 12.2 Å². The third-order valence-electron chi connectivity index (χ3n) is 2.04. The molecule has 0 aliphatic rings. The van der Waals surface area contributed by atoms with Crippen LogP contribution < -0.4 is 5.73 Å². The van der Waals surface area contributed by atoms with Crippen LogP contribution in [0.4, 0.5) is 5.69 Å². The lowest BCUT2D eigenvalue weighted by Gasteiger charge is -1.91. The zero-order chi connectivity index (χ0) is 11.5. The van der Waals surface area contributed by atoms with Gasteiger partial charge in [-0.1, -0.05) is 11.8 Å². The fraction of sp³-hybridized carbons (Fsp3) is 0.100. The van der Waals surface area contributed by atoms with Crippen molar-refractivity contribution >= 4 is 16.7 Å². The third kappa shape index (κ3) is 1.71. The lowest BCUT2D eigenvalue weighted by molar-refractivity contribution is -0.383. The van der Waals surface area contributed by atoms with E-state index in [1.807, 2.05) is 0 Å². The van der Waals surface area contributed by atoms with Gasteiger partial charge in [-0.05, 0) is 6.07 Å². The number of nitro groups is 1. The number of aromatic nitrogens is 2. The van der Waals surface area contributed by atoms with E-state index in [2.05, 4.69) is 21.8 Å². The van der Waals surface area contributed by atoms with Gasteiger partial charge < -0.3 is 10.7 Å². The number of aromatic amines is 1. The van der Waals surface area contributed by atoms with Gasteiger partial charge in [-0.3, -0.25) is 10.1 Å². The summed E-state index contributed by atoms with van der Waals surface area (Å²) in [6.45, 7) is 0.243. The summed E-state index contributed by atoms with van der Waals surface area (Å²) in [5.41, 5.74) is 6.33. The zero-order valence-corrected chi connectivity index (χ0v) is 8.23. The second-order valence-corrected chi connectivity index (χ2v) is 3.06. The van der Waals surface area contributed by atoms with Crippen LogP contribution in [0.25, 0.3) is 11.0 Å². The minimum Gasteiger partial charge on any atom is -0.340 e. The zero-order valence-electron chi connectivity index (χ0n) is 8.23. The Morgan fingerprint density at radius 2 is 2.44 bits per heavy atom. The molecule has 0 radical (unpaired) electrons. The van der Waals surface area contributed by atoms with E-state index < -0.39 is 4.92 Å². The molecule has 0 fully saturated rings. The average molecular weight is 216 g/mol. The standard InChI is InChI=1S/C10H8N4O2/c11-3-1-2-7-4-8-9(14(15)16)6-13-10(8)12-5-7/h4-6H,3,11H2,(H,12,13). The Morgan fingerprint density at radius 1 is 1.62 bits per heavy atom. The Morgan fingerprint density at radius 3 is 3.12 bits per heavy atom. The van der Waals surface area contributed by atoms with Crippen molar-refractivity contribution in [2.24, 2.45) is 5.73 Å². The highest BCUT2D eigenvalue weighted by Crippen LogP contribution is 2.23. The molecule has 80 valence electrons. The summed E-state index contributed by atoms with van der Waals surface area (Å²) in [5, 5.41) is 11.2. The number of fused-ring (bicyclic) bond motifs is 1. The van der Waals surface area contributed by atoms with Crippen LogP contribution in [-0.2, 0) is 0 Å². The van der Waals surface area contributed by atoms with Crippen LogP contribution in [0.5, 0.6) is 0 Å². The molecular formula is C10H8N4O2. The van der Waals surface area contributed by atoms with E-state index in [0.29, 0.717) is 16.6 Å². The predicted octanol–water partition coefficient (Wildman–Crippen LogP) is 0.781. The first-order valence-electron chi connectivity index (χ1n) is 4.53. The molecule has 16 heavy (non-hydrogen) atoms. The van der Waals surface area contributed by atoms with Gasteiger partial charge in [0.2, 0.25) is 0 Å². The second kappa shape index (κ2) is 4.00. The van der Waals surface area contributed by atoms with Crippen LogP contribution in [0.2, 0.25) is 0 Å². The SMILES string of the molecule is NCC#Cc1cnc2[nH]cc([N+](=O)[O-])c2c1. The summed E-state index contributed by atoms with van der Waals surface area (Å²) in [6.07, 6.45) is 2.86. The minimum absolute atomic E-state index is 0.00102. The van der Waals surface area contributed by atoms with Gasteiger partial charge in [-0.25, -0.2) is 4.98 Å². The first kappa shape index (κ1) is 10.1. The molecule has 6 heteroatoms. The molecule has 2 heterocycles. The molecule has 2 aromatic rings. The molecule has 0 saturated carbocycles. The number of pyridine rings is 1. The molecule has 0 saturated heterocycles. The van der Waals surface area contributed by atoms with E-state index >= 15 is 0 Å². The van der Waals surface area contributed by atoms with Crippen molar-refractivity contribution < 1.29 is 4.92 Å². The molecule has 0 aliphatic heterocycles. The van der Waals surface area contributed by atoms with Crippen LogP contribution in [0.15, 0.2) is 18.5 Å². The molecule has 6 nitrogen and oxygen atoms in total. The highest BCUT2D eigenvalue weighted by molar-refractivity contribution is 5.86. The first-order valence-corrected chi connectivity index (χ1v) is 4.53. The van der Waals surface area contributed by atoms with Crippen molar-refractivity contribution in [2.45, 2.75) is 0 Å². The Labute approximate surface area is 90.6 Å².